The van der Waals surface area contributed by atoms with Crippen molar-refractivity contribution in [3.05, 3.63) is 71.0 Å². The highest BCUT2D eigenvalue weighted by atomic mass is 16.5. The highest BCUT2D eigenvalue weighted by Crippen LogP contribution is 2.34. The van der Waals surface area contributed by atoms with Gasteiger partial charge in [-0.05, 0) is 67.5 Å². The van der Waals surface area contributed by atoms with Crippen molar-refractivity contribution < 1.29 is 14.3 Å². The summed E-state index contributed by atoms with van der Waals surface area (Å²) in [7, 11) is 1.71. The van der Waals surface area contributed by atoms with Crippen molar-refractivity contribution in [2.75, 3.05) is 38.7 Å². The standard InChI is InChI=1S/C37H48N8O3/c1-4-33-31(35(42-27-11-13-48-14-12-27)32-21-41-45(5-2)36(32)43-33)20-40-37(46)39-18-24-9-10-34(47-3)30(16-24)26-8-6-7-25(15-26)22-44-23-28-17-29(44)19-38-28/h6-10,15-16,21,27-29,38H,4-5,11-14,17-20,22-23H2,1-3H3,(H,42,43)(H2,39,40,46)/t28-,29-/m0/s1. The number of piperazine rings is 1. The normalized spacial score (nSPS) is 19.6. The van der Waals surface area contributed by atoms with Gasteiger partial charge in [0.1, 0.15) is 5.75 Å². The molecule has 7 rings (SSSR count). The van der Waals surface area contributed by atoms with Crippen LogP contribution in [0.15, 0.2) is 48.7 Å². The molecule has 5 heterocycles. The van der Waals surface area contributed by atoms with Gasteiger partial charge in [0.15, 0.2) is 5.65 Å². The van der Waals surface area contributed by atoms with Crippen LogP contribution >= 0.6 is 0 Å². The molecule has 2 bridgehead atoms. The summed E-state index contributed by atoms with van der Waals surface area (Å²) in [5.74, 6) is 0.815. The molecule has 3 saturated heterocycles. The number of aryl methyl sites for hydroxylation is 2. The fraction of sp³-hybridized carbons (Fsp3) is 0.486. The van der Waals surface area contributed by atoms with Crippen LogP contribution < -0.4 is 26.0 Å². The van der Waals surface area contributed by atoms with Gasteiger partial charge in [-0.15, -0.1) is 0 Å². The van der Waals surface area contributed by atoms with Gasteiger partial charge in [-0.1, -0.05) is 31.2 Å². The number of nitrogens with zero attached hydrogens (tertiary/aromatic N) is 4. The third-order valence-corrected chi connectivity index (χ3v) is 10.1. The second-order valence-corrected chi connectivity index (χ2v) is 13.2. The first-order valence-corrected chi connectivity index (χ1v) is 17.5. The van der Waals surface area contributed by atoms with Gasteiger partial charge in [0.25, 0.3) is 0 Å². The quantitative estimate of drug-likeness (QED) is 0.172. The number of rotatable bonds is 12. The van der Waals surface area contributed by atoms with Crippen molar-refractivity contribution in [3.8, 4) is 16.9 Å². The Hall–Kier alpha value is -4.19. The predicted octanol–water partition coefficient (Wildman–Crippen LogP) is 4.83. The van der Waals surface area contributed by atoms with Gasteiger partial charge in [0.2, 0.25) is 0 Å². The summed E-state index contributed by atoms with van der Waals surface area (Å²) in [5, 5.41) is 19.1. The number of carbonyl (C=O) groups excluding carboxylic acids is 1. The zero-order chi connectivity index (χ0) is 33.0. The molecule has 3 fully saturated rings. The number of hydrogen-bond acceptors (Lipinski definition) is 8. The van der Waals surface area contributed by atoms with Crippen molar-refractivity contribution in [3.63, 3.8) is 0 Å². The average Bonchev–Trinajstić information content (AvgIpc) is 3.87. The number of nitrogens with one attached hydrogen (secondary N) is 4. The summed E-state index contributed by atoms with van der Waals surface area (Å²) < 4.78 is 13.3. The Morgan fingerprint density at radius 1 is 1.08 bits per heavy atom. The predicted molar refractivity (Wildman–Crippen MR) is 188 cm³/mol. The monoisotopic (exact) mass is 652 g/mol. The van der Waals surface area contributed by atoms with E-state index in [0.29, 0.717) is 31.2 Å². The number of pyridine rings is 1. The van der Waals surface area contributed by atoms with E-state index in [1.807, 2.05) is 23.0 Å². The maximum absolute atomic E-state index is 13.2. The zero-order valence-electron chi connectivity index (χ0n) is 28.3. The van der Waals surface area contributed by atoms with E-state index in [0.717, 1.165) is 109 Å². The summed E-state index contributed by atoms with van der Waals surface area (Å²) in [6, 6.07) is 16.2. The smallest absolute Gasteiger partial charge is 0.315 e. The molecule has 2 aromatic carbocycles. The molecule has 11 nitrogen and oxygen atoms in total. The molecule has 0 aliphatic carbocycles. The lowest BCUT2D eigenvalue weighted by molar-refractivity contribution is 0.0904. The molecule has 2 amide bonds. The lowest BCUT2D eigenvalue weighted by Gasteiger charge is -2.27. The first-order chi connectivity index (χ1) is 23.5. The number of hydrogen-bond donors (Lipinski definition) is 4. The summed E-state index contributed by atoms with van der Waals surface area (Å²) in [6.07, 6.45) is 5.76. The average molecular weight is 653 g/mol. The van der Waals surface area contributed by atoms with Crippen LogP contribution in [0.25, 0.3) is 22.2 Å². The molecule has 3 aliphatic rings. The van der Waals surface area contributed by atoms with E-state index in [9.17, 15) is 4.79 Å². The Kier molecular flexibility index (Phi) is 9.78. The van der Waals surface area contributed by atoms with Crippen molar-refractivity contribution >= 4 is 22.8 Å². The third kappa shape index (κ3) is 6.85. The molecule has 11 heteroatoms. The van der Waals surface area contributed by atoms with Gasteiger partial charge >= 0.3 is 6.03 Å². The van der Waals surface area contributed by atoms with Crippen LogP contribution in [0.3, 0.4) is 0 Å². The minimum Gasteiger partial charge on any atom is -0.496 e. The Balaban J connectivity index is 1.04. The van der Waals surface area contributed by atoms with Crippen LogP contribution in [-0.2, 0) is 37.3 Å². The van der Waals surface area contributed by atoms with Gasteiger partial charge < -0.3 is 30.7 Å². The number of urea groups is 1. The molecule has 0 unspecified atom stereocenters. The van der Waals surface area contributed by atoms with Crippen molar-refractivity contribution in [1.82, 2.24) is 35.6 Å². The Labute approximate surface area is 282 Å². The van der Waals surface area contributed by atoms with E-state index in [2.05, 4.69) is 75.4 Å². The first kappa shape index (κ1) is 32.4. The van der Waals surface area contributed by atoms with Crippen LogP contribution in [0.2, 0.25) is 0 Å². The number of anilines is 1. The Morgan fingerprint density at radius 3 is 2.69 bits per heavy atom. The van der Waals surface area contributed by atoms with Gasteiger partial charge in [-0.3, -0.25) is 4.90 Å². The number of ether oxygens (including phenoxy) is 2. The van der Waals surface area contributed by atoms with Gasteiger partial charge in [0.05, 0.1) is 24.4 Å². The second-order valence-electron chi connectivity index (χ2n) is 13.2. The fourth-order valence-electron chi connectivity index (χ4n) is 7.52. The molecule has 0 radical (unpaired) electrons. The van der Waals surface area contributed by atoms with E-state index in [4.69, 9.17) is 14.5 Å². The minimum absolute atomic E-state index is 0.229. The van der Waals surface area contributed by atoms with Crippen LogP contribution in [0, 0.1) is 0 Å². The number of fused-ring (bicyclic) bond motifs is 3. The summed E-state index contributed by atoms with van der Waals surface area (Å²) in [5.41, 5.74) is 8.29. The Bertz CT molecular complexity index is 1750. The molecule has 2 aromatic heterocycles. The third-order valence-electron chi connectivity index (χ3n) is 10.1. The van der Waals surface area contributed by atoms with Crippen LogP contribution in [0.1, 0.15) is 55.5 Å². The summed E-state index contributed by atoms with van der Waals surface area (Å²) >= 11 is 0. The number of methoxy groups -OCH3 is 1. The molecule has 48 heavy (non-hydrogen) atoms. The largest absolute Gasteiger partial charge is 0.496 e. The molecule has 254 valence electrons. The molecule has 4 aromatic rings. The molecular weight excluding hydrogens is 604 g/mol. The van der Waals surface area contributed by atoms with Gasteiger partial charge in [-0.2, -0.15) is 5.10 Å². The maximum atomic E-state index is 13.2. The van der Waals surface area contributed by atoms with Crippen LogP contribution in [-0.4, -0.2) is 77.2 Å². The molecule has 0 spiro atoms. The van der Waals surface area contributed by atoms with E-state index < -0.39 is 0 Å². The van der Waals surface area contributed by atoms with Gasteiger partial charge in [0, 0.05) is 87.4 Å². The van der Waals surface area contributed by atoms with Crippen LogP contribution in [0.5, 0.6) is 5.75 Å². The zero-order valence-corrected chi connectivity index (χ0v) is 28.3. The number of benzene rings is 2. The lowest BCUT2D eigenvalue weighted by Crippen LogP contribution is -2.42. The highest BCUT2D eigenvalue weighted by molar-refractivity contribution is 5.92. The fourth-order valence-corrected chi connectivity index (χ4v) is 7.52. The van der Waals surface area contributed by atoms with Gasteiger partial charge in [-0.25, -0.2) is 14.5 Å². The topological polar surface area (TPSA) is 118 Å². The Morgan fingerprint density at radius 2 is 1.94 bits per heavy atom. The number of aromatic nitrogens is 3. The second kappa shape index (κ2) is 14.5. The molecule has 3 aliphatic heterocycles. The highest BCUT2D eigenvalue weighted by Gasteiger charge is 2.37. The number of likely N-dealkylation sites (tertiary alicyclic amines) is 1. The van der Waals surface area contributed by atoms with Crippen molar-refractivity contribution in [2.45, 2.75) is 83.8 Å². The SMILES string of the molecule is CCc1nc2c(cnn2CC)c(NC2CCOCC2)c1CNC(=O)NCc1ccc(OC)c(-c2cccc(CN3C[C@@H]4C[C@H]3CN4)c2)c1. The van der Waals surface area contributed by atoms with E-state index in [1.165, 1.54) is 12.0 Å². The molecule has 2 atom stereocenters. The van der Waals surface area contributed by atoms with E-state index in [-0.39, 0.29) is 6.03 Å². The van der Waals surface area contributed by atoms with Crippen molar-refractivity contribution in [2.24, 2.45) is 0 Å². The number of carbonyl (C=O) groups is 1. The first-order valence-electron chi connectivity index (χ1n) is 17.5. The maximum Gasteiger partial charge on any atom is 0.315 e. The van der Waals surface area contributed by atoms with Crippen LogP contribution in [0.4, 0.5) is 10.5 Å². The lowest BCUT2D eigenvalue weighted by atomic mass is 9.99. The number of amides is 2. The molecule has 0 saturated carbocycles. The minimum atomic E-state index is -0.229. The molecule has 4 N–H and O–H groups in total. The van der Waals surface area contributed by atoms with E-state index >= 15 is 0 Å². The summed E-state index contributed by atoms with van der Waals surface area (Å²) in [6.45, 7) is 10.3. The molecular formula is C37H48N8O3. The van der Waals surface area contributed by atoms with Crippen molar-refractivity contribution in [1.29, 1.82) is 0 Å². The van der Waals surface area contributed by atoms with E-state index in [1.54, 1.807) is 7.11 Å². The summed E-state index contributed by atoms with van der Waals surface area (Å²) in [4.78, 5) is 20.8.